The number of hydrogen-bond acceptors (Lipinski definition) is 8. The van der Waals surface area contributed by atoms with Crippen molar-refractivity contribution in [1.82, 2.24) is 20.0 Å². The molecule has 0 bridgehead atoms. The van der Waals surface area contributed by atoms with Crippen LogP contribution in [0.4, 0.5) is 5.13 Å². The Labute approximate surface area is 145 Å². The van der Waals surface area contributed by atoms with E-state index in [0.29, 0.717) is 0 Å². The van der Waals surface area contributed by atoms with Gasteiger partial charge >= 0.3 is 0 Å². The molecule has 2 rings (SSSR count). The Morgan fingerprint density at radius 3 is 2.87 bits per heavy atom. The van der Waals surface area contributed by atoms with Gasteiger partial charge in [0, 0.05) is 33.7 Å². The molecule has 130 valence electrons. The van der Waals surface area contributed by atoms with Crippen LogP contribution in [0.25, 0.3) is 0 Å². The first-order valence-electron chi connectivity index (χ1n) is 7.81. The van der Waals surface area contributed by atoms with E-state index in [1.54, 1.807) is 19.0 Å². The molecule has 1 aliphatic heterocycles. The zero-order chi connectivity index (χ0) is 16.7. The molecule has 0 aromatic carbocycles. The van der Waals surface area contributed by atoms with Crippen molar-refractivity contribution in [3.8, 4) is 0 Å². The van der Waals surface area contributed by atoms with Crippen molar-refractivity contribution in [2.75, 3.05) is 58.8 Å². The molecule has 0 radical (unpaired) electrons. The standard InChI is InChI=1S/C14H25N5O2S2/c1-11(12(20)18(2)3)22-14-17-16-13(23-14)15-5-4-6-19-7-9-21-10-8-19/h11H,4-10H2,1-3H3,(H,15,16)/t11-/m0/s1. The average Bonchev–Trinajstić information content (AvgIpc) is 2.99. The highest BCUT2D eigenvalue weighted by atomic mass is 32.2. The highest BCUT2D eigenvalue weighted by Crippen LogP contribution is 2.29. The second-order valence-electron chi connectivity index (χ2n) is 5.60. The van der Waals surface area contributed by atoms with Crippen LogP contribution in [0.15, 0.2) is 4.34 Å². The van der Waals surface area contributed by atoms with Crippen molar-refractivity contribution in [1.29, 1.82) is 0 Å². The maximum atomic E-state index is 11.8. The van der Waals surface area contributed by atoms with Crippen molar-refractivity contribution in [3.63, 3.8) is 0 Å². The Morgan fingerprint density at radius 2 is 2.17 bits per heavy atom. The van der Waals surface area contributed by atoms with E-state index in [-0.39, 0.29) is 11.2 Å². The number of nitrogens with zero attached hydrogens (tertiary/aromatic N) is 4. The molecular weight excluding hydrogens is 334 g/mol. The molecule has 1 fully saturated rings. The van der Waals surface area contributed by atoms with Crippen molar-refractivity contribution in [3.05, 3.63) is 0 Å². The average molecular weight is 360 g/mol. The van der Waals surface area contributed by atoms with Crippen LogP contribution in [0.1, 0.15) is 13.3 Å². The second-order valence-corrected chi connectivity index (χ2v) is 8.17. The van der Waals surface area contributed by atoms with Gasteiger partial charge in [-0.3, -0.25) is 9.69 Å². The summed E-state index contributed by atoms with van der Waals surface area (Å²) >= 11 is 2.96. The zero-order valence-electron chi connectivity index (χ0n) is 13.9. The first-order chi connectivity index (χ1) is 11.1. The number of aromatic nitrogens is 2. The lowest BCUT2D eigenvalue weighted by atomic mass is 10.3. The van der Waals surface area contributed by atoms with E-state index in [4.69, 9.17) is 4.74 Å². The Bertz CT molecular complexity index is 491. The lowest BCUT2D eigenvalue weighted by molar-refractivity contribution is -0.127. The zero-order valence-corrected chi connectivity index (χ0v) is 15.6. The van der Waals surface area contributed by atoms with E-state index in [9.17, 15) is 4.79 Å². The van der Waals surface area contributed by atoms with Gasteiger partial charge in [-0.25, -0.2) is 0 Å². The number of ether oxygens (including phenoxy) is 1. The molecule has 9 heteroatoms. The lowest BCUT2D eigenvalue weighted by Crippen LogP contribution is -2.37. The van der Waals surface area contributed by atoms with Crippen molar-refractivity contribution < 1.29 is 9.53 Å². The maximum Gasteiger partial charge on any atom is 0.235 e. The van der Waals surface area contributed by atoms with Crippen LogP contribution in [-0.2, 0) is 9.53 Å². The third-order valence-corrected chi connectivity index (χ3v) is 5.56. The van der Waals surface area contributed by atoms with E-state index in [1.807, 2.05) is 6.92 Å². The van der Waals surface area contributed by atoms with Gasteiger partial charge in [-0.1, -0.05) is 23.1 Å². The van der Waals surface area contributed by atoms with Gasteiger partial charge in [0.1, 0.15) is 0 Å². The Kier molecular flexibility index (Phi) is 7.54. The van der Waals surface area contributed by atoms with Crippen LogP contribution in [0.3, 0.4) is 0 Å². The fourth-order valence-electron chi connectivity index (χ4n) is 2.22. The van der Waals surface area contributed by atoms with E-state index in [0.717, 1.165) is 55.3 Å². The fraction of sp³-hybridized carbons (Fsp3) is 0.786. The molecule has 1 saturated heterocycles. The third kappa shape index (κ3) is 6.25. The molecule has 1 aromatic heterocycles. The number of hydrogen-bond donors (Lipinski definition) is 1. The smallest absolute Gasteiger partial charge is 0.235 e. The van der Waals surface area contributed by atoms with Gasteiger partial charge in [0.2, 0.25) is 11.0 Å². The number of amides is 1. The van der Waals surface area contributed by atoms with E-state index < -0.39 is 0 Å². The lowest BCUT2D eigenvalue weighted by Gasteiger charge is -2.26. The number of rotatable bonds is 8. The van der Waals surface area contributed by atoms with Gasteiger partial charge in [-0.15, -0.1) is 10.2 Å². The monoisotopic (exact) mass is 359 g/mol. The molecule has 2 heterocycles. The first kappa shape index (κ1) is 18.4. The minimum absolute atomic E-state index is 0.0882. The van der Waals surface area contributed by atoms with Gasteiger partial charge in [0.25, 0.3) is 0 Å². The van der Waals surface area contributed by atoms with Crippen LogP contribution in [-0.4, -0.2) is 84.6 Å². The minimum atomic E-state index is -0.146. The molecule has 0 unspecified atom stereocenters. The molecule has 1 aromatic rings. The van der Waals surface area contributed by atoms with E-state index in [2.05, 4.69) is 20.4 Å². The number of carbonyl (C=O) groups is 1. The third-order valence-electron chi connectivity index (χ3n) is 3.50. The molecular formula is C14H25N5O2S2. The summed E-state index contributed by atoms with van der Waals surface area (Å²) in [7, 11) is 3.53. The molecule has 0 saturated carbocycles. The highest BCUT2D eigenvalue weighted by Gasteiger charge is 2.18. The summed E-state index contributed by atoms with van der Waals surface area (Å²) < 4.78 is 6.16. The van der Waals surface area contributed by atoms with Crippen molar-refractivity contribution in [2.45, 2.75) is 22.9 Å². The summed E-state index contributed by atoms with van der Waals surface area (Å²) in [6.07, 6.45) is 1.07. The van der Waals surface area contributed by atoms with Crippen molar-refractivity contribution in [2.24, 2.45) is 0 Å². The number of morpholine rings is 1. The van der Waals surface area contributed by atoms with Gasteiger partial charge in [-0.05, 0) is 19.9 Å². The van der Waals surface area contributed by atoms with Crippen LogP contribution < -0.4 is 5.32 Å². The van der Waals surface area contributed by atoms with Gasteiger partial charge in [-0.2, -0.15) is 0 Å². The second kappa shape index (κ2) is 9.41. The topological polar surface area (TPSA) is 70.6 Å². The van der Waals surface area contributed by atoms with Crippen LogP contribution >= 0.6 is 23.1 Å². The number of thioether (sulfide) groups is 1. The molecule has 1 aliphatic rings. The van der Waals surface area contributed by atoms with E-state index >= 15 is 0 Å². The maximum absolute atomic E-state index is 11.8. The fourth-order valence-corrected chi connectivity index (χ4v) is 4.28. The van der Waals surface area contributed by atoms with Gasteiger partial charge in [0.05, 0.1) is 18.5 Å². The Hall–Kier alpha value is -0.900. The number of nitrogens with one attached hydrogen (secondary N) is 1. The summed E-state index contributed by atoms with van der Waals surface area (Å²) in [6.45, 7) is 7.58. The van der Waals surface area contributed by atoms with Crippen LogP contribution in [0.5, 0.6) is 0 Å². The Morgan fingerprint density at radius 1 is 1.43 bits per heavy atom. The summed E-state index contributed by atoms with van der Waals surface area (Å²) in [5, 5.41) is 12.3. The minimum Gasteiger partial charge on any atom is -0.379 e. The molecule has 7 nitrogen and oxygen atoms in total. The summed E-state index contributed by atoms with van der Waals surface area (Å²) in [6, 6.07) is 0. The normalized spacial score (nSPS) is 17.0. The predicted molar refractivity (Wildman–Crippen MR) is 94.3 cm³/mol. The van der Waals surface area contributed by atoms with Crippen molar-refractivity contribution >= 4 is 34.1 Å². The van der Waals surface area contributed by atoms with Crippen LogP contribution in [0, 0.1) is 0 Å². The largest absolute Gasteiger partial charge is 0.379 e. The Balaban J connectivity index is 1.67. The predicted octanol–water partition coefficient (Wildman–Crippen LogP) is 1.24. The molecule has 0 spiro atoms. The molecule has 1 atom stereocenters. The van der Waals surface area contributed by atoms with Gasteiger partial charge in [0.15, 0.2) is 4.34 Å². The summed E-state index contributed by atoms with van der Waals surface area (Å²) in [4.78, 5) is 15.9. The van der Waals surface area contributed by atoms with E-state index in [1.165, 1.54) is 23.1 Å². The first-order valence-corrected chi connectivity index (χ1v) is 9.51. The van der Waals surface area contributed by atoms with Gasteiger partial charge < -0.3 is 15.0 Å². The molecule has 23 heavy (non-hydrogen) atoms. The molecule has 1 amide bonds. The molecule has 1 N–H and O–H groups in total. The number of carbonyl (C=O) groups excluding carboxylic acids is 1. The quantitative estimate of drug-likeness (QED) is 0.553. The summed E-state index contributed by atoms with van der Waals surface area (Å²) in [5.41, 5.74) is 0. The molecule has 0 aliphatic carbocycles. The number of anilines is 1. The highest BCUT2D eigenvalue weighted by molar-refractivity contribution is 8.02. The summed E-state index contributed by atoms with van der Waals surface area (Å²) in [5.74, 6) is 0.0882. The SMILES string of the molecule is C[C@H](Sc1nnc(NCCCN2CCOCC2)s1)C(=O)N(C)C. The van der Waals surface area contributed by atoms with Crippen LogP contribution in [0.2, 0.25) is 0 Å².